The fourth-order valence-electron chi connectivity index (χ4n) is 2.11. The first-order valence-electron chi connectivity index (χ1n) is 5.56. The van der Waals surface area contributed by atoms with E-state index in [9.17, 15) is 0 Å². The topological polar surface area (TPSA) is 12.0 Å². The number of hydrogen-bond acceptors (Lipinski definition) is 1. The molecular weight excluding hydrogens is 158 g/mol. The molecule has 2 atom stereocenters. The molecule has 0 aromatic carbocycles. The zero-order chi connectivity index (χ0) is 9.68. The number of nitrogens with one attached hydrogen (secondary N) is 1. The fourth-order valence-corrected chi connectivity index (χ4v) is 2.11. The molecule has 1 aliphatic carbocycles. The lowest BCUT2D eigenvalue weighted by atomic mass is 9.87. The first kappa shape index (κ1) is 10.8. The molecule has 1 saturated carbocycles. The normalized spacial score (nSPS) is 28.8. The molecule has 0 heterocycles. The Kier molecular flexibility index (Phi) is 4.51. The Bertz CT molecular complexity index is 163. The highest BCUT2D eigenvalue weighted by Gasteiger charge is 2.17. The van der Waals surface area contributed by atoms with Gasteiger partial charge in [0.1, 0.15) is 0 Å². The zero-order valence-corrected chi connectivity index (χ0v) is 9.10. The summed E-state index contributed by atoms with van der Waals surface area (Å²) < 4.78 is 0. The summed E-state index contributed by atoms with van der Waals surface area (Å²) in [6.45, 7) is 9.50. The van der Waals surface area contributed by atoms with E-state index in [0.717, 1.165) is 24.9 Å². The molecule has 0 saturated heterocycles. The predicted molar refractivity (Wildman–Crippen MR) is 58.9 cm³/mol. The van der Waals surface area contributed by atoms with Crippen LogP contribution < -0.4 is 5.32 Å². The van der Waals surface area contributed by atoms with Gasteiger partial charge in [-0.05, 0) is 38.6 Å². The third-order valence-corrected chi connectivity index (χ3v) is 2.92. The fraction of sp³-hybridized carbons (Fsp3) is 0.833. The van der Waals surface area contributed by atoms with Crippen molar-refractivity contribution in [3.8, 4) is 0 Å². The highest BCUT2D eigenvalue weighted by Crippen LogP contribution is 2.23. The van der Waals surface area contributed by atoms with Crippen molar-refractivity contribution in [1.29, 1.82) is 0 Å². The van der Waals surface area contributed by atoms with E-state index in [-0.39, 0.29) is 0 Å². The summed E-state index contributed by atoms with van der Waals surface area (Å²) in [5.41, 5.74) is 1.29. The third-order valence-electron chi connectivity index (χ3n) is 2.92. The van der Waals surface area contributed by atoms with Crippen molar-refractivity contribution in [2.24, 2.45) is 5.92 Å². The van der Waals surface area contributed by atoms with Gasteiger partial charge < -0.3 is 5.32 Å². The average molecular weight is 181 g/mol. The molecule has 1 aliphatic rings. The zero-order valence-electron chi connectivity index (χ0n) is 9.10. The molecule has 1 heteroatoms. The van der Waals surface area contributed by atoms with Crippen LogP contribution in [0.5, 0.6) is 0 Å². The van der Waals surface area contributed by atoms with Gasteiger partial charge in [0.15, 0.2) is 0 Å². The summed E-state index contributed by atoms with van der Waals surface area (Å²) in [4.78, 5) is 0. The van der Waals surface area contributed by atoms with Gasteiger partial charge in [0.2, 0.25) is 0 Å². The second kappa shape index (κ2) is 5.43. The molecule has 2 unspecified atom stereocenters. The summed E-state index contributed by atoms with van der Waals surface area (Å²) in [6.07, 6.45) is 6.71. The molecule has 0 aliphatic heterocycles. The Balaban J connectivity index is 2.10. The van der Waals surface area contributed by atoms with E-state index in [1.54, 1.807) is 0 Å². The second-order valence-corrected chi connectivity index (χ2v) is 4.63. The molecule has 0 aromatic rings. The number of hydrogen-bond donors (Lipinski definition) is 1. The van der Waals surface area contributed by atoms with Gasteiger partial charge in [-0.2, -0.15) is 0 Å². The van der Waals surface area contributed by atoms with E-state index in [1.807, 2.05) is 0 Å². The first-order valence-corrected chi connectivity index (χ1v) is 5.56. The predicted octanol–water partition coefficient (Wildman–Crippen LogP) is 3.12. The van der Waals surface area contributed by atoms with Gasteiger partial charge in [-0.25, -0.2) is 0 Å². The maximum Gasteiger partial charge on any atom is 0.00697 e. The van der Waals surface area contributed by atoms with Crippen LogP contribution in [-0.4, -0.2) is 12.6 Å². The van der Waals surface area contributed by atoms with Crippen LogP contribution in [0.4, 0.5) is 0 Å². The van der Waals surface area contributed by atoms with Gasteiger partial charge in [-0.15, -0.1) is 6.58 Å². The monoisotopic (exact) mass is 181 g/mol. The van der Waals surface area contributed by atoms with Crippen LogP contribution in [0.2, 0.25) is 0 Å². The van der Waals surface area contributed by atoms with E-state index in [4.69, 9.17) is 0 Å². The van der Waals surface area contributed by atoms with Gasteiger partial charge in [0, 0.05) is 6.04 Å². The molecule has 1 rings (SSSR count). The molecule has 13 heavy (non-hydrogen) atoms. The second-order valence-electron chi connectivity index (χ2n) is 4.63. The maximum absolute atomic E-state index is 3.91. The Morgan fingerprint density at radius 3 is 2.85 bits per heavy atom. The smallest absolute Gasteiger partial charge is 0.00697 e. The highest BCUT2D eigenvalue weighted by molar-refractivity contribution is 4.89. The van der Waals surface area contributed by atoms with E-state index in [1.165, 1.54) is 31.3 Å². The van der Waals surface area contributed by atoms with Gasteiger partial charge >= 0.3 is 0 Å². The standard InChI is InChI=1S/C12H23N/c1-10(2)7-8-13-12-6-4-5-11(3)9-12/h11-13H,1,4-9H2,2-3H3. The SMILES string of the molecule is C=C(C)CCNC1CCCC(C)C1. The van der Waals surface area contributed by atoms with E-state index in [0.29, 0.717) is 0 Å². The molecule has 1 nitrogen and oxygen atoms in total. The van der Waals surface area contributed by atoms with Crippen molar-refractivity contribution in [2.45, 2.75) is 52.0 Å². The molecular formula is C12H23N. The van der Waals surface area contributed by atoms with Gasteiger partial charge in [-0.1, -0.05) is 25.3 Å². The molecule has 0 aromatic heterocycles. The summed E-state index contributed by atoms with van der Waals surface area (Å²) in [5, 5.41) is 3.62. The van der Waals surface area contributed by atoms with Crippen LogP contribution in [0.1, 0.15) is 46.0 Å². The Morgan fingerprint density at radius 2 is 2.23 bits per heavy atom. The van der Waals surface area contributed by atoms with Crippen LogP contribution >= 0.6 is 0 Å². The molecule has 0 spiro atoms. The summed E-state index contributed by atoms with van der Waals surface area (Å²) >= 11 is 0. The Morgan fingerprint density at radius 1 is 1.46 bits per heavy atom. The summed E-state index contributed by atoms with van der Waals surface area (Å²) in [6, 6.07) is 0.781. The van der Waals surface area contributed by atoms with Gasteiger partial charge in [0.25, 0.3) is 0 Å². The molecule has 0 radical (unpaired) electrons. The lowest BCUT2D eigenvalue weighted by Crippen LogP contribution is -2.34. The highest BCUT2D eigenvalue weighted by atomic mass is 14.9. The van der Waals surface area contributed by atoms with E-state index >= 15 is 0 Å². The quantitative estimate of drug-likeness (QED) is 0.657. The third kappa shape index (κ3) is 4.47. The van der Waals surface area contributed by atoms with Crippen LogP contribution in [0.15, 0.2) is 12.2 Å². The molecule has 76 valence electrons. The molecule has 1 fully saturated rings. The van der Waals surface area contributed by atoms with Crippen LogP contribution in [0, 0.1) is 5.92 Å². The largest absolute Gasteiger partial charge is 0.314 e. The maximum atomic E-state index is 3.91. The average Bonchev–Trinajstić information content (AvgIpc) is 2.03. The van der Waals surface area contributed by atoms with Crippen molar-refractivity contribution in [2.75, 3.05) is 6.54 Å². The van der Waals surface area contributed by atoms with Crippen LogP contribution in [0.3, 0.4) is 0 Å². The molecule has 1 N–H and O–H groups in total. The summed E-state index contributed by atoms with van der Waals surface area (Å²) in [5.74, 6) is 0.927. The van der Waals surface area contributed by atoms with Gasteiger partial charge in [-0.3, -0.25) is 0 Å². The van der Waals surface area contributed by atoms with E-state index < -0.39 is 0 Å². The minimum atomic E-state index is 0.781. The summed E-state index contributed by atoms with van der Waals surface area (Å²) in [7, 11) is 0. The van der Waals surface area contributed by atoms with Crippen molar-refractivity contribution < 1.29 is 0 Å². The minimum absolute atomic E-state index is 0.781. The first-order chi connectivity index (χ1) is 6.18. The molecule has 0 bridgehead atoms. The van der Waals surface area contributed by atoms with E-state index in [2.05, 4.69) is 25.7 Å². The molecule has 0 amide bonds. The lowest BCUT2D eigenvalue weighted by molar-refractivity contribution is 0.303. The van der Waals surface area contributed by atoms with Crippen molar-refractivity contribution in [3.05, 3.63) is 12.2 Å². The number of rotatable bonds is 4. The minimum Gasteiger partial charge on any atom is -0.314 e. The van der Waals surface area contributed by atoms with Crippen LogP contribution in [-0.2, 0) is 0 Å². The van der Waals surface area contributed by atoms with Gasteiger partial charge in [0.05, 0.1) is 0 Å². The van der Waals surface area contributed by atoms with Crippen molar-refractivity contribution in [1.82, 2.24) is 5.32 Å². The van der Waals surface area contributed by atoms with Crippen LogP contribution in [0.25, 0.3) is 0 Å². The van der Waals surface area contributed by atoms with Crippen molar-refractivity contribution >= 4 is 0 Å². The Hall–Kier alpha value is -0.300. The Labute approximate surface area is 82.6 Å². The van der Waals surface area contributed by atoms with Crippen molar-refractivity contribution in [3.63, 3.8) is 0 Å². The lowest BCUT2D eigenvalue weighted by Gasteiger charge is -2.27.